The summed E-state index contributed by atoms with van der Waals surface area (Å²) in [4.78, 5) is 22.0. The summed E-state index contributed by atoms with van der Waals surface area (Å²) in [6.45, 7) is 3.89. The highest BCUT2D eigenvalue weighted by Gasteiger charge is 2.12. The number of aromatic nitrogens is 8. The van der Waals surface area contributed by atoms with Crippen LogP contribution >= 0.6 is 0 Å². The number of aryl methyl sites for hydroxylation is 2. The van der Waals surface area contributed by atoms with E-state index in [1.54, 1.807) is 24.8 Å². The third-order valence-corrected chi connectivity index (χ3v) is 4.25. The highest BCUT2D eigenvalue weighted by atomic mass is 15.3. The maximum atomic E-state index is 4.65. The van der Waals surface area contributed by atoms with E-state index < -0.39 is 0 Å². The van der Waals surface area contributed by atoms with E-state index >= 15 is 0 Å². The molecule has 0 N–H and O–H groups in total. The number of hydrogen-bond acceptors (Lipinski definition) is 6. The van der Waals surface area contributed by atoms with Crippen LogP contribution in [0, 0.1) is 13.8 Å². The molecule has 126 valence electrons. The molecular formula is C18H14N8. The molecule has 0 bridgehead atoms. The Morgan fingerprint density at radius 3 is 2.69 bits per heavy atom. The van der Waals surface area contributed by atoms with Crippen LogP contribution in [0.5, 0.6) is 0 Å². The van der Waals surface area contributed by atoms with Crippen LogP contribution in [0.15, 0.2) is 49.3 Å². The largest absolute Gasteiger partial charge is 0.306 e. The van der Waals surface area contributed by atoms with Crippen LogP contribution < -0.4 is 0 Å². The van der Waals surface area contributed by atoms with Gasteiger partial charge in [-0.1, -0.05) is 0 Å². The van der Waals surface area contributed by atoms with Gasteiger partial charge in [-0.05, 0) is 26.0 Å². The van der Waals surface area contributed by atoms with Crippen molar-refractivity contribution in [2.75, 3.05) is 0 Å². The normalized spacial score (nSPS) is 11.5. The minimum absolute atomic E-state index is 0.649. The number of nitrogens with zero attached hydrogens (tertiary/aromatic N) is 8. The Labute approximate surface area is 148 Å². The second-order valence-corrected chi connectivity index (χ2v) is 6.05. The molecule has 5 aromatic rings. The fourth-order valence-electron chi connectivity index (χ4n) is 2.89. The molecule has 0 atom stereocenters. The lowest BCUT2D eigenvalue weighted by Crippen LogP contribution is -1.97. The standard InChI is InChI=1S/C18H14N8/c1-11-8-21-12(2)18-23-17(24-26(11)18)13-3-6-25-10-15(22-16(25)7-13)14-9-19-4-5-20-14/h3-10H,1-2H3. The first-order chi connectivity index (χ1) is 12.7. The van der Waals surface area contributed by atoms with Crippen molar-refractivity contribution in [2.24, 2.45) is 0 Å². The fraction of sp³-hybridized carbons (Fsp3) is 0.111. The van der Waals surface area contributed by atoms with Gasteiger partial charge in [-0.15, -0.1) is 5.10 Å². The van der Waals surface area contributed by atoms with Gasteiger partial charge in [-0.2, -0.15) is 0 Å². The molecule has 0 aliphatic carbocycles. The van der Waals surface area contributed by atoms with E-state index in [9.17, 15) is 0 Å². The van der Waals surface area contributed by atoms with E-state index in [0.717, 1.165) is 39.6 Å². The van der Waals surface area contributed by atoms with E-state index in [0.29, 0.717) is 5.82 Å². The topological polar surface area (TPSA) is 86.2 Å². The van der Waals surface area contributed by atoms with Crippen molar-refractivity contribution in [3.8, 4) is 22.8 Å². The average molecular weight is 342 g/mol. The molecule has 0 radical (unpaired) electrons. The third-order valence-electron chi connectivity index (χ3n) is 4.25. The van der Waals surface area contributed by atoms with Crippen molar-refractivity contribution in [1.82, 2.24) is 38.9 Å². The molecule has 0 fully saturated rings. The zero-order valence-electron chi connectivity index (χ0n) is 14.2. The summed E-state index contributed by atoms with van der Waals surface area (Å²) in [5, 5.41) is 4.62. The number of hydrogen-bond donors (Lipinski definition) is 0. The predicted octanol–water partition coefficient (Wildman–Crippen LogP) is 2.51. The summed E-state index contributed by atoms with van der Waals surface area (Å²) >= 11 is 0. The van der Waals surface area contributed by atoms with E-state index in [2.05, 4.69) is 30.0 Å². The number of pyridine rings is 1. The second-order valence-electron chi connectivity index (χ2n) is 6.05. The molecule has 8 heteroatoms. The maximum Gasteiger partial charge on any atom is 0.182 e. The lowest BCUT2D eigenvalue weighted by Gasteiger charge is -1.98. The van der Waals surface area contributed by atoms with Gasteiger partial charge in [0.1, 0.15) is 17.0 Å². The lowest BCUT2D eigenvalue weighted by atomic mass is 10.2. The van der Waals surface area contributed by atoms with Gasteiger partial charge in [0.05, 0.1) is 17.6 Å². The van der Waals surface area contributed by atoms with Crippen molar-refractivity contribution >= 4 is 11.3 Å². The first kappa shape index (κ1) is 14.6. The molecule has 8 nitrogen and oxygen atoms in total. The number of fused-ring (bicyclic) bond motifs is 2. The summed E-state index contributed by atoms with van der Waals surface area (Å²) in [6, 6.07) is 3.94. The molecule has 5 heterocycles. The van der Waals surface area contributed by atoms with Crippen LogP contribution in [0.25, 0.3) is 34.1 Å². The van der Waals surface area contributed by atoms with Crippen LogP contribution in [-0.2, 0) is 0 Å². The molecule has 0 unspecified atom stereocenters. The lowest BCUT2D eigenvalue weighted by molar-refractivity contribution is 0.891. The molecule has 0 aliphatic heterocycles. The Morgan fingerprint density at radius 1 is 0.962 bits per heavy atom. The fourth-order valence-corrected chi connectivity index (χ4v) is 2.89. The molecule has 0 aromatic carbocycles. The van der Waals surface area contributed by atoms with E-state index in [1.807, 2.05) is 47.3 Å². The van der Waals surface area contributed by atoms with Crippen LogP contribution in [-0.4, -0.2) is 38.9 Å². The van der Waals surface area contributed by atoms with E-state index in [4.69, 9.17) is 0 Å². The number of rotatable bonds is 2. The molecule has 5 aromatic heterocycles. The molecule has 0 saturated carbocycles. The van der Waals surface area contributed by atoms with E-state index in [-0.39, 0.29) is 0 Å². The summed E-state index contributed by atoms with van der Waals surface area (Å²) < 4.78 is 3.76. The van der Waals surface area contributed by atoms with Crippen molar-refractivity contribution in [3.05, 3.63) is 60.7 Å². The molecular weight excluding hydrogens is 328 g/mol. The SMILES string of the molecule is Cc1ncc(C)n2nc(-c3ccn4cc(-c5cnccn5)nc4c3)nc12. The van der Waals surface area contributed by atoms with Crippen LogP contribution in [0.3, 0.4) is 0 Å². The highest BCUT2D eigenvalue weighted by Crippen LogP contribution is 2.22. The van der Waals surface area contributed by atoms with Gasteiger partial charge >= 0.3 is 0 Å². The first-order valence-corrected chi connectivity index (χ1v) is 8.13. The Balaban J connectivity index is 1.64. The second kappa shape index (κ2) is 5.41. The zero-order chi connectivity index (χ0) is 17.7. The molecule has 0 spiro atoms. The van der Waals surface area contributed by atoms with Crippen molar-refractivity contribution < 1.29 is 0 Å². The summed E-state index contributed by atoms with van der Waals surface area (Å²) in [6.07, 6.45) is 10.7. The Hall–Kier alpha value is -3.68. The van der Waals surface area contributed by atoms with Gasteiger partial charge < -0.3 is 4.40 Å². The van der Waals surface area contributed by atoms with Gasteiger partial charge in [0.2, 0.25) is 0 Å². The predicted molar refractivity (Wildman–Crippen MR) is 95.5 cm³/mol. The third kappa shape index (κ3) is 2.23. The Kier molecular flexibility index (Phi) is 3.05. The molecule has 0 amide bonds. The average Bonchev–Trinajstić information content (AvgIpc) is 3.30. The van der Waals surface area contributed by atoms with Crippen molar-refractivity contribution in [1.29, 1.82) is 0 Å². The summed E-state index contributed by atoms with van der Waals surface area (Å²) in [5.41, 5.74) is 5.76. The first-order valence-electron chi connectivity index (χ1n) is 8.13. The zero-order valence-corrected chi connectivity index (χ0v) is 14.2. The smallest absolute Gasteiger partial charge is 0.182 e. The summed E-state index contributed by atoms with van der Waals surface area (Å²) in [5.74, 6) is 0.649. The minimum Gasteiger partial charge on any atom is -0.306 e. The monoisotopic (exact) mass is 342 g/mol. The molecule has 0 saturated heterocycles. The Morgan fingerprint density at radius 2 is 1.88 bits per heavy atom. The van der Waals surface area contributed by atoms with Gasteiger partial charge in [0.15, 0.2) is 11.5 Å². The van der Waals surface area contributed by atoms with Crippen molar-refractivity contribution in [3.63, 3.8) is 0 Å². The van der Waals surface area contributed by atoms with Crippen LogP contribution in [0.1, 0.15) is 11.4 Å². The maximum absolute atomic E-state index is 4.65. The highest BCUT2D eigenvalue weighted by molar-refractivity contribution is 5.66. The number of imidazole rings is 1. The van der Waals surface area contributed by atoms with Gasteiger partial charge in [-0.3, -0.25) is 15.0 Å². The molecule has 0 aliphatic rings. The minimum atomic E-state index is 0.649. The van der Waals surface area contributed by atoms with Gasteiger partial charge in [0, 0.05) is 36.5 Å². The van der Waals surface area contributed by atoms with Crippen LogP contribution in [0.2, 0.25) is 0 Å². The van der Waals surface area contributed by atoms with E-state index in [1.165, 1.54) is 0 Å². The molecule has 5 rings (SSSR count). The van der Waals surface area contributed by atoms with Crippen molar-refractivity contribution in [2.45, 2.75) is 13.8 Å². The Bertz CT molecular complexity index is 1210. The van der Waals surface area contributed by atoms with Crippen LogP contribution in [0.4, 0.5) is 0 Å². The quantitative estimate of drug-likeness (QED) is 0.490. The van der Waals surface area contributed by atoms with Gasteiger partial charge in [-0.25, -0.2) is 14.5 Å². The molecule has 26 heavy (non-hydrogen) atoms. The van der Waals surface area contributed by atoms with Gasteiger partial charge in [0.25, 0.3) is 0 Å². The summed E-state index contributed by atoms with van der Waals surface area (Å²) in [7, 11) is 0.